The monoisotopic (exact) mass is 208 g/mol. The smallest absolute Gasteiger partial charge is 0.245 e. The van der Waals surface area contributed by atoms with E-state index in [1.807, 2.05) is 20.8 Å². The van der Waals surface area contributed by atoms with Gasteiger partial charge in [-0.3, -0.25) is 9.59 Å². The lowest BCUT2D eigenvalue weighted by atomic mass is 9.99. The fourth-order valence-corrected chi connectivity index (χ4v) is 1.30. The quantitative estimate of drug-likeness (QED) is 0.704. The fourth-order valence-electron chi connectivity index (χ4n) is 1.30. The Bertz CT molecular complexity index is 318. The molecule has 4 nitrogen and oxygen atoms in total. The van der Waals surface area contributed by atoms with Crippen LogP contribution in [0.4, 0.5) is 0 Å². The maximum Gasteiger partial charge on any atom is 0.245 e. The molecule has 1 N–H and O–H groups in total. The third-order valence-electron chi connectivity index (χ3n) is 2.15. The molecule has 1 unspecified atom stereocenters. The zero-order chi connectivity index (χ0) is 11.6. The molecular formula is C11H16N2O2. The average molecular weight is 208 g/mol. The van der Waals surface area contributed by atoms with Crippen molar-refractivity contribution in [1.82, 2.24) is 5.32 Å². The zero-order valence-corrected chi connectivity index (χ0v) is 9.33. The summed E-state index contributed by atoms with van der Waals surface area (Å²) in [4.78, 5) is 23.2. The van der Waals surface area contributed by atoms with Gasteiger partial charge in [-0.15, -0.1) is 0 Å². The normalized spacial score (nSPS) is 17.7. The van der Waals surface area contributed by atoms with Gasteiger partial charge in [0.2, 0.25) is 5.91 Å². The van der Waals surface area contributed by atoms with Gasteiger partial charge in [0, 0.05) is 11.5 Å². The van der Waals surface area contributed by atoms with Gasteiger partial charge >= 0.3 is 0 Å². The third-order valence-corrected chi connectivity index (χ3v) is 2.15. The van der Waals surface area contributed by atoms with Gasteiger partial charge in [-0.25, -0.2) is 0 Å². The topological polar surface area (TPSA) is 70.0 Å². The SMILES string of the molecule is CC(C)(C)NC(=O)C(C#N)C(=O)C1CC1. The molecule has 4 heteroatoms. The number of hydrogen-bond acceptors (Lipinski definition) is 3. The van der Waals surface area contributed by atoms with Crippen LogP contribution in [-0.2, 0) is 9.59 Å². The van der Waals surface area contributed by atoms with Crippen LogP contribution < -0.4 is 5.32 Å². The number of amides is 1. The molecule has 0 spiro atoms. The second-order valence-electron chi connectivity index (χ2n) is 4.98. The Labute approximate surface area is 89.6 Å². The minimum Gasteiger partial charge on any atom is -0.350 e. The van der Waals surface area contributed by atoms with E-state index in [1.165, 1.54) is 0 Å². The molecule has 82 valence electrons. The number of ketones is 1. The van der Waals surface area contributed by atoms with Gasteiger partial charge < -0.3 is 5.32 Å². The van der Waals surface area contributed by atoms with Crippen LogP contribution in [0.1, 0.15) is 33.6 Å². The molecule has 1 fully saturated rings. The van der Waals surface area contributed by atoms with Crippen LogP contribution >= 0.6 is 0 Å². The number of carbonyl (C=O) groups is 2. The highest BCUT2D eigenvalue weighted by atomic mass is 16.2. The Morgan fingerprint density at radius 3 is 2.27 bits per heavy atom. The van der Waals surface area contributed by atoms with Gasteiger partial charge in [-0.2, -0.15) is 5.26 Å². The molecule has 15 heavy (non-hydrogen) atoms. The molecule has 1 aliphatic carbocycles. The van der Waals surface area contributed by atoms with Crippen LogP contribution in [0.15, 0.2) is 0 Å². The summed E-state index contributed by atoms with van der Waals surface area (Å²) in [6.45, 7) is 5.46. The number of Topliss-reactive ketones (excluding diaryl/α,β-unsaturated/α-hetero) is 1. The highest BCUT2D eigenvalue weighted by Gasteiger charge is 2.39. The summed E-state index contributed by atoms with van der Waals surface area (Å²) >= 11 is 0. The molecule has 1 saturated carbocycles. The van der Waals surface area contributed by atoms with Crippen LogP contribution in [0, 0.1) is 23.2 Å². The van der Waals surface area contributed by atoms with Gasteiger partial charge in [0.25, 0.3) is 0 Å². The minimum absolute atomic E-state index is 0.0552. The molecule has 1 rings (SSSR count). The molecule has 0 saturated heterocycles. The van der Waals surface area contributed by atoms with E-state index in [-0.39, 0.29) is 11.7 Å². The summed E-state index contributed by atoms with van der Waals surface area (Å²) in [6.07, 6.45) is 1.64. The van der Waals surface area contributed by atoms with E-state index in [9.17, 15) is 9.59 Å². The summed E-state index contributed by atoms with van der Waals surface area (Å²) in [5.41, 5.74) is -0.407. The first-order chi connectivity index (χ1) is 6.85. The van der Waals surface area contributed by atoms with Crippen LogP contribution in [-0.4, -0.2) is 17.2 Å². The van der Waals surface area contributed by atoms with Gasteiger partial charge in [0.1, 0.15) is 0 Å². The number of rotatable bonds is 3. The molecule has 0 heterocycles. The molecule has 1 aliphatic rings. The van der Waals surface area contributed by atoms with E-state index < -0.39 is 17.4 Å². The van der Waals surface area contributed by atoms with E-state index in [4.69, 9.17) is 5.26 Å². The van der Waals surface area contributed by atoms with Crippen molar-refractivity contribution in [3.8, 4) is 6.07 Å². The van der Waals surface area contributed by atoms with Crippen molar-refractivity contribution in [3.63, 3.8) is 0 Å². The summed E-state index contributed by atoms with van der Waals surface area (Å²) < 4.78 is 0. The van der Waals surface area contributed by atoms with Crippen molar-refractivity contribution in [2.45, 2.75) is 39.2 Å². The molecule has 0 aromatic rings. The maximum absolute atomic E-state index is 11.6. The lowest BCUT2D eigenvalue weighted by Gasteiger charge is -2.21. The van der Waals surface area contributed by atoms with Gasteiger partial charge in [0.15, 0.2) is 11.7 Å². The molecular weight excluding hydrogens is 192 g/mol. The first-order valence-corrected chi connectivity index (χ1v) is 5.10. The number of nitriles is 1. The average Bonchev–Trinajstić information content (AvgIpc) is 2.83. The van der Waals surface area contributed by atoms with E-state index >= 15 is 0 Å². The Morgan fingerprint density at radius 2 is 1.93 bits per heavy atom. The Hall–Kier alpha value is -1.37. The number of hydrogen-bond donors (Lipinski definition) is 1. The largest absolute Gasteiger partial charge is 0.350 e. The number of nitrogens with one attached hydrogen (secondary N) is 1. The number of carbonyl (C=O) groups excluding carboxylic acids is 2. The minimum atomic E-state index is -1.13. The summed E-state index contributed by atoms with van der Waals surface area (Å²) in [6, 6.07) is 1.78. The van der Waals surface area contributed by atoms with Gasteiger partial charge in [-0.05, 0) is 33.6 Å². The summed E-state index contributed by atoms with van der Waals surface area (Å²) in [5.74, 6) is -1.88. The van der Waals surface area contributed by atoms with Crippen molar-refractivity contribution in [2.24, 2.45) is 11.8 Å². The predicted octanol–water partition coefficient (Wildman–Crippen LogP) is 1.02. The summed E-state index contributed by atoms with van der Waals surface area (Å²) in [5, 5.41) is 11.5. The second kappa shape index (κ2) is 4.01. The van der Waals surface area contributed by atoms with Crippen LogP contribution in [0.2, 0.25) is 0 Å². The lowest BCUT2D eigenvalue weighted by Crippen LogP contribution is -2.45. The first-order valence-electron chi connectivity index (χ1n) is 5.10. The Kier molecular flexibility index (Phi) is 3.13. The molecule has 0 aromatic heterocycles. The van der Waals surface area contributed by atoms with E-state index in [2.05, 4.69) is 5.32 Å². The van der Waals surface area contributed by atoms with Crippen LogP contribution in [0.5, 0.6) is 0 Å². The molecule has 0 bridgehead atoms. The summed E-state index contributed by atoms with van der Waals surface area (Å²) in [7, 11) is 0. The lowest BCUT2D eigenvalue weighted by molar-refractivity contribution is -0.133. The van der Waals surface area contributed by atoms with E-state index in [0.29, 0.717) is 0 Å². The third kappa shape index (κ3) is 3.35. The van der Waals surface area contributed by atoms with Crippen molar-refractivity contribution in [1.29, 1.82) is 5.26 Å². The number of nitrogens with zero attached hydrogens (tertiary/aromatic N) is 1. The molecule has 0 radical (unpaired) electrons. The van der Waals surface area contributed by atoms with Crippen molar-refractivity contribution < 1.29 is 9.59 Å². The van der Waals surface area contributed by atoms with E-state index in [1.54, 1.807) is 6.07 Å². The standard InChI is InChI=1S/C11H16N2O2/c1-11(2,3)13-10(15)8(6-12)9(14)7-4-5-7/h7-8H,4-5H2,1-3H3,(H,13,15). The molecule has 0 aliphatic heterocycles. The highest BCUT2D eigenvalue weighted by molar-refractivity contribution is 6.05. The predicted molar refractivity (Wildman–Crippen MR) is 54.7 cm³/mol. The first kappa shape index (κ1) is 11.7. The molecule has 0 aromatic carbocycles. The van der Waals surface area contributed by atoms with Crippen molar-refractivity contribution >= 4 is 11.7 Å². The van der Waals surface area contributed by atoms with Gasteiger partial charge in [-0.1, -0.05) is 0 Å². The van der Waals surface area contributed by atoms with Gasteiger partial charge in [0.05, 0.1) is 6.07 Å². The van der Waals surface area contributed by atoms with Crippen molar-refractivity contribution in [2.75, 3.05) is 0 Å². The highest BCUT2D eigenvalue weighted by Crippen LogP contribution is 2.32. The zero-order valence-electron chi connectivity index (χ0n) is 9.33. The Morgan fingerprint density at radius 1 is 1.40 bits per heavy atom. The molecule has 1 atom stereocenters. The van der Waals surface area contributed by atoms with Crippen LogP contribution in [0.3, 0.4) is 0 Å². The van der Waals surface area contributed by atoms with E-state index in [0.717, 1.165) is 12.8 Å². The fraction of sp³-hybridized carbons (Fsp3) is 0.727. The molecule has 1 amide bonds. The maximum atomic E-state index is 11.6. The second-order valence-corrected chi connectivity index (χ2v) is 4.98. The van der Waals surface area contributed by atoms with Crippen LogP contribution in [0.25, 0.3) is 0 Å². The van der Waals surface area contributed by atoms with Crippen molar-refractivity contribution in [3.05, 3.63) is 0 Å². The Balaban J connectivity index is 2.63.